The minimum Gasteiger partial charge on any atom is -0.333 e. The number of H-pyrrole nitrogens is 1. The van der Waals surface area contributed by atoms with Crippen LogP contribution < -0.4 is 5.43 Å². The van der Waals surface area contributed by atoms with E-state index in [-0.39, 0.29) is 11.2 Å². The molecule has 0 unspecified atom stereocenters. The summed E-state index contributed by atoms with van der Waals surface area (Å²) in [5, 5.41) is 4.97. The number of aromatic amines is 1. The first-order valence-electron chi connectivity index (χ1n) is 8.65. The smallest absolute Gasteiger partial charge is 0.253 e. The highest BCUT2D eigenvalue weighted by atomic mass is 32.2. The second-order valence-corrected chi connectivity index (χ2v) is 7.49. The van der Waals surface area contributed by atoms with Crippen LogP contribution in [0.3, 0.4) is 0 Å². The van der Waals surface area contributed by atoms with Crippen molar-refractivity contribution in [1.29, 1.82) is 0 Å². The van der Waals surface area contributed by atoms with E-state index in [4.69, 9.17) is 0 Å². The van der Waals surface area contributed by atoms with Crippen LogP contribution in [0.25, 0.3) is 11.0 Å². The maximum absolute atomic E-state index is 12.5. The predicted octanol–water partition coefficient (Wildman–Crippen LogP) is 4.12. The molecule has 0 aliphatic heterocycles. The maximum Gasteiger partial charge on any atom is 0.253 e. The van der Waals surface area contributed by atoms with Crippen molar-refractivity contribution in [3.8, 4) is 0 Å². The molecule has 1 aromatic carbocycles. The van der Waals surface area contributed by atoms with Gasteiger partial charge in [0.15, 0.2) is 5.16 Å². The number of rotatable bonds is 5. The number of thioether (sulfide) groups is 1. The predicted molar refractivity (Wildman–Crippen MR) is 99.2 cm³/mol. The highest BCUT2D eigenvalue weighted by Gasteiger charge is 2.21. The van der Waals surface area contributed by atoms with Crippen LogP contribution in [0, 0.1) is 5.92 Å². The summed E-state index contributed by atoms with van der Waals surface area (Å²) < 4.78 is 0. The normalized spacial score (nSPS) is 21.1. The van der Waals surface area contributed by atoms with Gasteiger partial charge in [-0.15, -0.1) is 0 Å². The van der Waals surface area contributed by atoms with Gasteiger partial charge in [-0.1, -0.05) is 44.2 Å². The zero-order valence-electron chi connectivity index (χ0n) is 14.2. The Morgan fingerprint density at radius 1 is 1.46 bits per heavy atom. The average molecular weight is 344 g/mol. The van der Waals surface area contributed by atoms with Crippen LogP contribution in [-0.4, -0.2) is 26.8 Å². The fourth-order valence-corrected chi connectivity index (χ4v) is 3.89. The van der Waals surface area contributed by atoms with Crippen molar-refractivity contribution in [2.24, 2.45) is 11.0 Å². The van der Waals surface area contributed by atoms with Crippen molar-refractivity contribution in [3.05, 3.63) is 24.3 Å². The third-order valence-electron chi connectivity index (χ3n) is 4.48. The molecule has 0 radical (unpaired) electrons. The Morgan fingerprint density at radius 2 is 2.29 bits per heavy atom. The van der Waals surface area contributed by atoms with Gasteiger partial charge >= 0.3 is 0 Å². The Bertz CT molecular complexity index is 706. The van der Waals surface area contributed by atoms with E-state index < -0.39 is 0 Å². The number of aromatic nitrogens is 2. The van der Waals surface area contributed by atoms with Crippen molar-refractivity contribution in [2.75, 3.05) is 0 Å². The van der Waals surface area contributed by atoms with Gasteiger partial charge < -0.3 is 4.98 Å². The second kappa shape index (κ2) is 7.83. The van der Waals surface area contributed by atoms with Crippen LogP contribution in [0.5, 0.6) is 0 Å². The molecule has 6 heteroatoms. The summed E-state index contributed by atoms with van der Waals surface area (Å²) in [6.07, 6.45) is 5.32. The third kappa shape index (κ3) is 3.98. The van der Waals surface area contributed by atoms with E-state index in [1.54, 1.807) is 0 Å². The topological polar surface area (TPSA) is 70.1 Å². The second-order valence-electron chi connectivity index (χ2n) is 6.30. The largest absolute Gasteiger partial charge is 0.333 e. The van der Waals surface area contributed by atoms with E-state index in [0.29, 0.717) is 5.92 Å². The summed E-state index contributed by atoms with van der Waals surface area (Å²) in [6, 6.07) is 7.89. The number of fused-ring (bicyclic) bond motifs is 1. The zero-order chi connectivity index (χ0) is 16.9. The maximum atomic E-state index is 12.5. The quantitative estimate of drug-likeness (QED) is 0.633. The number of imidazole rings is 1. The van der Waals surface area contributed by atoms with E-state index in [9.17, 15) is 4.79 Å². The number of para-hydroxylation sites is 2. The molecule has 5 nitrogen and oxygen atoms in total. The molecule has 0 spiro atoms. The lowest BCUT2D eigenvalue weighted by Crippen LogP contribution is -2.31. The first-order valence-corrected chi connectivity index (χ1v) is 9.53. The number of nitrogens with zero attached hydrogens (tertiary/aromatic N) is 2. The van der Waals surface area contributed by atoms with Gasteiger partial charge in [0.05, 0.1) is 16.3 Å². The molecular formula is C18H24N4OS. The van der Waals surface area contributed by atoms with Crippen LogP contribution in [0.1, 0.15) is 46.0 Å². The number of nitrogens with one attached hydrogen (secondary N) is 2. The Hall–Kier alpha value is -1.82. The van der Waals surface area contributed by atoms with Crippen LogP contribution in [0.2, 0.25) is 0 Å². The molecule has 3 rings (SSSR count). The van der Waals surface area contributed by atoms with Crippen molar-refractivity contribution in [1.82, 2.24) is 15.4 Å². The Morgan fingerprint density at radius 3 is 3.04 bits per heavy atom. The van der Waals surface area contributed by atoms with Crippen molar-refractivity contribution in [2.45, 2.75) is 56.4 Å². The summed E-state index contributed by atoms with van der Waals surface area (Å²) >= 11 is 1.46. The lowest BCUT2D eigenvalue weighted by molar-refractivity contribution is -0.120. The number of carbonyl (C=O) groups excluding carboxylic acids is 1. The number of hydrazone groups is 1. The molecule has 1 amide bonds. The van der Waals surface area contributed by atoms with Crippen LogP contribution in [0.4, 0.5) is 0 Å². The molecule has 2 atom stereocenters. The van der Waals surface area contributed by atoms with Crippen LogP contribution in [0.15, 0.2) is 34.5 Å². The SMILES string of the molecule is CC[C@@H](Sc1nc2ccccc2[nH]1)C(=O)N/N=C1/CCCC[C@@H]1C. The lowest BCUT2D eigenvalue weighted by Gasteiger charge is -2.20. The van der Waals surface area contributed by atoms with Crippen molar-refractivity contribution < 1.29 is 4.79 Å². The summed E-state index contributed by atoms with van der Waals surface area (Å²) in [4.78, 5) is 20.3. The zero-order valence-corrected chi connectivity index (χ0v) is 15.0. The number of carbonyl (C=O) groups is 1. The molecule has 0 bridgehead atoms. The number of amides is 1. The van der Waals surface area contributed by atoms with Gasteiger partial charge in [0.2, 0.25) is 0 Å². The molecule has 2 N–H and O–H groups in total. The van der Waals surface area contributed by atoms with Gasteiger partial charge in [0, 0.05) is 5.71 Å². The summed E-state index contributed by atoms with van der Waals surface area (Å²) in [6.45, 7) is 4.20. The molecule has 1 heterocycles. The molecular weight excluding hydrogens is 320 g/mol. The van der Waals surface area contributed by atoms with Gasteiger partial charge in [0.1, 0.15) is 0 Å². The molecule has 24 heavy (non-hydrogen) atoms. The summed E-state index contributed by atoms with van der Waals surface area (Å²) in [5.74, 6) is 0.426. The Labute approximate surface area is 146 Å². The fraction of sp³-hybridized carbons (Fsp3) is 0.500. The van der Waals surface area contributed by atoms with Gasteiger partial charge in [-0.05, 0) is 43.7 Å². The Balaban J connectivity index is 1.64. The summed E-state index contributed by atoms with van der Waals surface area (Å²) in [5.41, 5.74) is 5.81. The molecule has 2 aromatic rings. The first kappa shape index (κ1) is 17.0. The monoisotopic (exact) mass is 344 g/mol. The van der Waals surface area contributed by atoms with E-state index in [0.717, 1.165) is 34.7 Å². The average Bonchev–Trinajstić information content (AvgIpc) is 3.01. The van der Waals surface area contributed by atoms with Gasteiger partial charge in [-0.3, -0.25) is 4.79 Å². The lowest BCUT2D eigenvalue weighted by atomic mass is 9.89. The highest BCUT2D eigenvalue weighted by Crippen LogP contribution is 2.26. The van der Waals surface area contributed by atoms with E-state index >= 15 is 0 Å². The van der Waals surface area contributed by atoms with Gasteiger partial charge in [0.25, 0.3) is 5.91 Å². The van der Waals surface area contributed by atoms with Crippen molar-refractivity contribution in [3.63, 3.8) is 0 Å². The van der Waals surface area contributed by atoms with E-state index in [1.807, 2.05) is 31.2 Å². The van der Waals surface area contributed by atoms with Gasteiger partial charge in [-0.25, -0.2) is 10.4 Å². The van der Waals surface area contributed by atoms with E-state index in [1.165, 1.54) is 31.0 Å². The summed E-state index contributed by atoms with van der Waals surface area (Å²) in [7, 11) is 0. The molecule has 128 valence electrons. The molecule has 1 aromatic heterocycles. The highest BCUT2D eigenvalue weighted by molar-refractivity contribution is 8.00. The molecule has 0 saturated heterocycles. The fourth-order valence-electron chi connectivity index (χ4n) is 2.98. The standard InChI is InChI=1S/C18H24N4OS/c1-3-16(17(23)22-21-13-9-5-4-8-12(13)2)24-18-19-14-10-6-7-11-15(14)20-18/h6-7,10-12,16H,3-5,8-9H2,1-2H3,(H,19,20)(H,22,23)/b21-13-/t12-,16+/m0/s1. The molecule has 1 aliphatic carbocycles. The van der Waals surface area contributed by atoms with E-state index in [2.05, 4.69) is 27.4 Å². The Kier molecular flexibility index (Phi) is 5.56. The molecule has 1 fully saturated rings. The molecule has 1 saturated carbocycles. The van der Waals surface area contributed by atoms with Crippen molar-refractivity contribution >= 4 is 34.4 Å². The van der Waals surface area contributed by atoms with Gasteiger partial charge in [-0.2, -0.15) is 5.10 Å². The van der Waals surface area contributed by atoms with Crippen LogP contribution >= 0.6 is 11.8 Å². The number of benzene rings is 1. The minimum atomic E-state index is -0.200. The number of hydrogen-bond donors (Lipinski definition) is 2. The number of hydrogen-bond acceptors (Lipinski definition) is 4. The van der Waals surface area contributed by atoms with Crippen LogP contribution in [-0.2, 0) is 4.79 Å². The third-order valence-corrected chi connectivity index (χ3v) is 5.73. The first-order chi connectivity index (χ1) is 11.7. The minimum absolute atomic E-state index is 0.0479. The molecule has 1 aliphatic rings.